The molecule has 0 aromatic heterocycles. The Kier molecular flexibility index (Phi) is 8.67. The van der Waals surface area contributed by atoms with Gasteiger partial charge in [-0.15, -0.1) is 0 Å². The van der Waals surface area contributed by atoms with Gasteiger partial charge in [0.05, 0.1) is 0 Å². The van der Waals surface area contributed by atoms with Gasteiger partial charge in [0, 0.05) is 12.6 Å². The van der Waals surface area contributed by atoms with Crippen LogP contribution in [0, 0.1) is 11.8 Å². The Hall–Kier alpha value is -0.550. The highest BCUT2D eigenvalue weighted by Crippen LogP contribution is 2.16. The van der Waals surface area contributed by atoms with Gasteiger partial charge in [0.15, 0.2) is 0 Å². The van der Waals surface area contributed by atoms with Crippen LogP contribution >= 0.6 is 0 Å². The van der Waals surface area contributed by atoms with Crippen molar-refractivity contribution in [2.75, 3.05) is 13.1 Å². The van der Waals surface area contributed by atoms with E-state index in [0.717, 1.165) is 6.04 Å². The highest BCUT2D eigenvalue weighted by Gasteiger charge is 2.18. The number of nitrogens with zero attached hydrogens (tertiary/aromatic N) is 2. The third-order valence-corrected chi connectivity index (χ3v) is 2.99. The average molecular weight is 196 g/mol. The first-order valence-electron chi connectivity index (χ1n) is 5.84. The SMILES string of the molecule is C#N.CCCCCCN1CCCC1C. The fourth-order valence-corrected chi connectivity index (χ4v) is 2.07. The van der Waals surface area contributed by atoms with Crippen molar-refractivity contribution < 1.29 is 0 Å². The molecular formula is C12H24N2. The molecule has 0 amide bonds. The van der Waals surface area contributed by atoms with Crippen LogP contribution in [0.5, 0.6) is 0 Å². The molecule has 0 aliphatic carbocycles. The second kappa shape index (κ2) is 9.02. The van der Waals surface area contributed by atoms with Crippen molar-refractivity contribution >= 4 is 0 Å². The molecule has 82 valence electrons. The molecule has 2 heteroatoms. The first-order chi connectivity index (χ1) is 6.84. The van der Waals surface area contributed by atoms with E-state index in [-0.39, 0.29) is 0 Å². The summed E-state index contributed by atoms with van der Waals surface area (Å²) in [5.41, 5.74) is 0. The van der Waals surface area contributed by atoms with Crippen molar-refractivity contribution in [3.8, 4) is 6.57 Å². The molecule has 0 radical (unpaired) electrons. The van der Waals surface area contributed by atoms with Gasteiger partial charge in [0.25, 0.3) is 0 Å². The Morgan fingerprint density at radius 3 is 2.50 bits per heavy atom. The van der Waals surface area contributed by atoms with Crippen molar-refractivity contribution in [2.24, 2.45) is 0 Å². The van der Waals surface area contributed by atoms with Crippen LogP contribution in [0.25, 0.3) is 0 Å². The van der Waals surface area contributed by atoms with Crippen LogP contribution in [0.4, 0.5) is 0 Å². The molecule has 14 heavy (non-hydrogen) atoms. The number of rotatable bonds is 5. The molecule has 1 fully saturated rings. The quantitative estimate of drug-likeness (QED) is 0.631. The van der Waals surface area contributed by atoms with E-state index in [1.807, 2.05) is 0 Å². The van der Waals surface area contributed by atoms with E-state index in [2.05, 4.69) is 25.3 Å². The van der Waals surface area contributed by atoms with Gasteiger partial charge in [-0.3, -0.25) is 0 Å². The summed E-state index contributed by atoms with van der Waals surface area (Å²) in [5, 5.41) is 6.50. The zero-order chi connectivity index (χ0) is 10.8. The summed E-state index contributed by atoms with van der Waals surface area (Å²) in [5.74, 6) is 0. The summed E-state index contributed by atoms with van der Waals surface area (Å²) < 4.78 is 0. The second-order valence-corrected chi connectivity index (χ2v) is 4.09. The summed E-state index contributed by atoms with van der Waals surface area (Å²) in [4.78, 5) is 2.65. The first kappa shape index (κ1) is 13.4. The van der Waals surface area contributed by atoms with Crippen molar-refractivity contribution in [2.45, 2.75) is 58.4 Å². The molecule has 0 aromatic rings. The van der Waals surface area contributed by atoms with Crippen LogP contribution < -0.4 is 0 Å². The maximum atomic E-state index is 6.50. The summed E-state index contributed by atoms with van der Waals surface area (Å²) >= 11 is 0. The largest absolute Gasteiger partial charge is 0.301 e. The van der Waals surface area contributed by atoms with Crippen LogP contribution in [0.3, 0.4) is 0 Å². The Morgan fingerprint density at radius 2 is 2.00 bits per heavy atom. The summed E-state index contributed by atoms with van der Waals surface area (Å²) in [7, 11) is 0. The molecule has 1 saturated heterocycles. The lowest BCUT2D eigenvalue weighted by Crippen LogP contribution is -2.27. The molecule has 2 nitrogen and oxygen atoms in total. The Labute approximate surface area is 88.9 Å². The van der Waals surface area contributed by atoms with E-state index in [0.29, 0.717) is 0 Å². The van der Waals surface area contributed by atoms with Crippen LogP contribution in [0.15, 0.2) is 0 Å². The lowest BCUT2D eigenvalue weighted by Gasteiger charge is -2.20. The maximum Gasteiger partial charge on any atom is 0.0462 e. The highest BCUT2D eigenvalue weighted by atomic mass is 15.2. The van der Waals surface area contributed by atoms with Crippen LogP contribution in [0.1, 0.15) is 52.4 Å². The van der Waals surface area contributed by atoms with Gasteiger partial charge in [-0.1, -0.05) is 26.2 Å². The van der Waals surface area contributed by atoms with Crippen LogP contribution in [0.2, 0.25) is 0 Å². The summed E-state index contributed by atoms with van der Waals surface area (Å²) in [6, 6.07) is 0.867. The summed E-state index contributed by atoms with van der Waals surface area (Å²) in [6.45, 7) is 10.8. The molecule has 1 aliphatic rings. The molecule has 0 bridgehead atoms. The molecule has 1 rings (SSSR count). The van der Waals surface area contributed by atoms with Gasteiger partial charge < -0.3 is 4.90 Å². The zero-order valence-electron chi connectivity index (χ0n) is 9.71. The van der Waals surface area contributed by atoms with Gasteiger partial charge in [0.1, 0.15) is 0 Å². The molecule has 0 aromatic carbocycles. The average Bonchev–Trinajstić information content (AvgIpc) is 2.62. The fraction of sp³-hybridized carbons (Fsp3) is 0.917. The zero-order valence-corrected chi connectivity index (χ0v) is 9.71. The predicted molar refractivity (Wildman–Crippen MR) is 61.1 cm³/mol. The molecule has 0 saturated carbocycles. The topological polar surface area (TPSA) is 27.0 Å². The maximum absolute atomic E-state index is 6.50. The van der Waals surface area contributed by atoms with Crippen LogP contribution in [-0.4, -0.2) is 24.0 Å². The van der Waals surface area contributed by atoms with E-state index in [1.54, 1.807) is 0 Å². The summed E-state index contributed by atoms with van der Waals surface area (Å²) in [6.07, 6.45) is 8.47. The molecule has 1 heterocycles. The second-order valence-electron chi connectivity index (χ2n) is 4.09. The van der Waals surface area contributed by atoms with Gasteiger partial charge in [-0.05, 0) is 39.3 Å². The smallest absolute Gasteiger partial charge is 0.0462 e. The van der Waals surface area contributed by atoms with Gasteiger partial charge in [-0.2, -0.15) is 0 Å². The predicted octanol–water partition coefficient (Wildman–Crippen LogP) is 3.19. The lowest BCUT2D eigenvalue weighted by molar-refractivity contribution is 0.262. The number of likely N-dealkylation sites (tertiary alicyclic amines) is 1. The van der Waals surface area contributed by atoms with Gasteiger partial charge in [-0.25, -0.2) is 5.26 Å². The van der Waals surface area contributed by atoms with E-state index in [1.165, 1.54) is 51.6 Å². The van der Waals surface area contributed by atoms with E-state index >= 15 is 0 Å². The van der Waals surface area contributed by atoms with Crippen molar-refractivity contribution in [1.29, 1.82) is 5.26 Å². The minimum atomic E-state index is 0.867. The third-order valence-electron chi connectivity index (χ3n) is 2.99. The molecular weight excluding hydrogens is 172 g/mol. The number of nitriles is 1. The highest BCUT2D eigenvalue weighted by molar-refractivity contribution is 4.74. The number of hydrogen-bond acceptors (Lipinski definition) is 2. The van der Waals surface area contributed by atoms with E-state index < -0.39 is 0 Å². The molecule has 1 aliphatic heterocycles. The van der Waals surface area contributed by atoms with E-state index in [9.17, 15) is 0 Å². The monoisotopic (exact) mass is 196 g/mol. The number of hydrogen-bond donors (Lipinski definition) is 0. The first-order valence-corrected chi connectivity index (χ1v) is 5.84. The Bertz CT molecular complexity index is 143. The fourth-order valence-electron chi connectivity index (χ4n) is 2.07. The lowest BCUT2D eigenvalue weighted by atomic mass is 10.2. The third kappa shape index (κ3) is 5.24. The van der Waals surface area contributed by atoms with Crippen molar-refractivity contribution in [3.63, 3.8) is 0 Å². The minimum absolute atomic E-state index is 0.867. The molecule has 0 N–H and O–H groups in total. The van der Waals surface area contributed by atoms with Crippen molar-refractivity contribution in [3.05, 3.63) is 0 Å². The van der Waals surface area contributed by atoms with Gasteiger partial charge >= 0.3 is 0 Å². The van der Waals surface area contributed by atoms with Gasteiger partial charge in [0.2, 0.25) is 0 Å². The van der Waals surface area contributed by atoms with E-state index in [4.69, 9.17) is 5.26 Å². The normalized spacial score (nSPS) is 21.6. The van der Waals surface area contributed by atoms with Crippen molar-refractivity contribution in [1.82, 2.24) is 4.90 Å². The van der Waals surface area contributed by atoms with Crippen LogP contribution in [-0.2, 0) is 0 Å². The Morgan fingerprint density at radius 1 is 1.29 bits per heavy atom. The Balaban J connectivity index is 0.000000791. The molecule has 0 spiro atoms. The molecule has 1 unspecified atom stereocenters. The number of unbranched alkanes of at least 4 members (excludes halogenated alkanes) is 3. The standard InChI is InChI=1S/C11H23N.CHN/c1-3-4-5-6-9-12-10-7-8-11(12)2;1-2/h11H,3-10H2,1-2H3;1H. The molecule has 1 atom stereocenters. The minimum Gasteiger partial charge on any atom is -0.301 e.